The molecule has 3 N–H and O–H groups in total. The third-order valence-corrected chi connectivity index (χ3v) is 5.46. The number of para-hydroxylation sites is 1. The summed E-state index contributed by atoms with van der Waals surface area (Å²) in [5, 5.41) is 13.2. The Balaban J connectivity index is 1.71. The smallest absolute Gasteiger partial charge is 0.273 e. The van der Waals surface area contributed by atoms with E-state index in [-0.39, 0.29) is 12.4 Å². The summed E-state index contributed by atoms with van der Waals surface area (Å²) in [6.45, 7) is 5.60. The summed E-state index contributed by atoms with van der Waals surface area (Å²) in [4.78, 5) is 22.0. The third-order valence-electron chi connectivity index (χ3n) is 5.46. The average molecular weight is 462 g/mol. The second kappa shape index (κ2) is 7.94. The molecule has 0 fully saturated rings. The number of rotatable bonds is 5. The van der Waals surface area contributed by atoms with Crippen molar-refractivity contribution in [3.63, 3.8) is 0 Å². The molecule has 0 aliphatic heterocycles. The van der Waals surface area contributed by atoms with Crippen molar-refractivity contribution < 1.29 is 9.18 Å². The highest BCUT2D eigenvalue weighted by molar-refractivity contribution is 6.08. The van der Waals surface area contributed by atoms with Crippen LogP contribution in [-0.4, -0.2) is 46.7 Å². The molecule has 4 aromatic heterocycles. The first-order chi connectivity index (χ1) is 16.3. The van der Waals surface area contributed by atoms with Gasteiger partial charge in [0.05, 0.1) is 17.6 Å². The predicted molar refractivity (Wildman–Crippen MR) is 128 cm³/mol. The van der Waals surface area contributed by atoms with E-state index in [1.54, 1.807) is 27.6 Å². The molecular formula is C23H24FN9O. The molecule has 0 aliphatic rings. The Kier molecular flexibility index (Phi) is 5.03. The van der Waals surface area contributed by atoms with Crippen LogP contribution in [0.3, 0.4) is 0 Å². The van der Waals surface area contributed by atoms with Gasteiger partial charge in [0.1, 0.15) is 29.9 Å². The molecule has 1 amide bonds. The number of amides is 1. The van der Waals surface area contributed by atoms with E-state index in [0.717, 1.165) is 10.9 Å². The molecule has 174 valence electrons. The molecule has 10 nitrogen and oxygen atoms in total. The van der Waals surface area contributed by atoms with Crippen molar-refractivity contribution in [3.05, 3.63) is 54.6 Å². The predicted octanol–water partition coefficient (Wildman–Crippen LogP) is 3.53. The van der Waals surface area contributed by atoms with E-state index in [4.69, 9.17) is 10.8 Å². The molecular weight excluding hydrogens is 437 g/mol. The van der Waals surface area contributed by atoms with Crippen molar-refractivity contribution >= 4 is 39.5 Å². The zero-order valence-corrected chi connectivity index (χ0v) is 19.0. The second-order valence-corrected chi connectivity index (χ2v) is 8.89. The molecule has 0 spiro atoms. The van der Waals surface area contributed by atoms with Gasteiger partial charge in [0.25, 0.3) is 5.91 Å². The molecule has 1 aromatic carbocycles. The Morgan fingerprint density at radius 2 is 1.94 bits per heavy atom. The minimum Gasteiger partial charge on any atom is -0.383 e. The zero-order chi connectivity index (χ0) is 24.0. The van der Waals surface area contributed by atoms with Crippen molar-refractivity contribution in [3.8, 4) is 5.82 Å². The molecule has 0 unspecified atom stereocenters. The first-order valence-corrected chi connectivity index (χ1v) is 10.8. The van der Waals surface area contributed by atoms with E-state index >= 15 is 0 Å². The highest BCUT2D eigenvalue weighted by Crippen LogP contribution is 2.33. The number of aryl methyl sites for hydroxylation is 1. The number of carbonyl (C=O) groups is 1. The lowest BCUT2D eigenvalue weighted by Crippen LogP contribution is -2.24. The fraction of sp³-hybridized carbons (Fsp3) is 0.261. The van der Waals surface area contributed by atoms with Crippen molar-refractivity contribution in [1.29, 1.82) is 0 Å². The van der Waals surface area contributed by atoms with Crippen LogP contribution in [0, 0.1) is 0 Å². The van der Waals surface area contributed by atoms with Crippen LogP contribution in [0.5, 0.6) is 0 Å². The summed E-state index contributed by atoms with van der Waals surface area (Å²) in [5.41, 5.74) is 7.57. The van der Waals surface area contributed by atoms with Crippen LogP contribution in [0.2, 0.25) is 0 Å². The first kappa shape index (κ1) is 21.6. The number of halogens is 1. The molecule has 34 heavy (non-hydrogen) atoms. The van der Waals surface area contributed by atoms with Gasteiger partial charge in [-0.15, -0.1) is 0 Å². The Hall–Kier alpha value is -4.28. The number of aromatic nitrogens is 7. The molecule has 4 heterocycles. The van der Waals surface area contributed by atoms with E-state index in [1.807, 2.05) is 45.0 Å². The van der Waals surface area contributed by atoms with Crippen LogP contribution < -0.4 is 11.1 Å². The highest BCUT2D eigenvalue weighted by atomic mass is 19.1. The van der Waals surface area contributed by atoms with Gasteiger partial charge in [-0.2, -0.15) is 10.2 Å². The van der Waals surface area contributed by atoms with Gasteiger partial charge >= 0.3 is 0 Å². The first-order valence-electron chi connectivity index (χ1n) is 10.8. The summed E-state index contributed by atoms with van der Waals surface area (Å²) in [6.07, 6.45) is 3.02. The number of nitrogens with two attached hydrogens (primary N) is 1. The van der Waals surface area contributed by atoms with E-state index in [2.05, 4.69) is 20.4 Å². The fourth-order valence-electron chi connectivity index (χ4n) is 3.95. The number of carbonyl (C=O) groups excluding carboxylic acids is 1. The van der Waals surface area contributed by atoms with Gasteiger partial charge in [0, 0.05) is 17.6 Å². The monoisotopic (exact) mass is 461 g/mol. The van der Waals surface area contributed by atoms with Gasteiger partial charge in [-0.25, -0.2) is 19.0 Å². The maximum Gasteiger partial charge on any atom is 0.273 e. The Bertz CT molecular complexity index is 1520. The lowest BCUT2D eigenvalue weighted by Gasteiger charge is -2.19. The fourth-order valence-corrected chi connectivity index (χ4v) is 3.95. The van der Waals surface area contributed by atoms with Gasteiger partial charge in [-0.1, -0.05) is 18.2 Å². The summed E-state index contributed by atoms with van der Waals surface area (Å²) in [5.74, 6) is 0.653. The number of fused-ring (bicyclic) bond motifs is 2. The average Bonchev–Trinajstić information content (AvgIpc) is 3.49. The zero-order valence-electron chi connectivity index (χ0n) is 19.0. The normalized spacial score (nSPS) is 12.0. The van der Waals surface area contributed by atoms with Crippen LogP contribution in [-0.2, 0) is 12.1 Å². The van der Waals surface area contributed by atoms with E-state index < -0.39 is 18.1 Å². The standard InChI is InChI=1S/C23H24FN9O/c1-23(2,3)33-20-18(19(25)26-13-27-20)21(30-33)32-15-7-5-4-6-14(15)12-16(32)22(34)28-17-8-10-31(29-17)11-9-24/h4-8,10,12-13H,9,11H2,1-3H3,(H2,25,26,27)(H,28,29,34). The SMILES string of the molecule is CC(C)(C)n1nc(-n2c(C(=O)Nc3ccn(CCF)n3)cc3ccccc32)c2c(N)ncnc21. The molecule has 0 saturated heterocycles. The molecule has 0 bridgehead atoms. The maximum absolute atomic E-state index is 13.4. The molecule has 0 saturated carbocycles. The summed E-state index contributed by atoms with van der Waals surface area (Å²) < 4.78 is 17.6. The number of anilines is 2. The van der Waals surface area contributed by atoms with Crippen LogP contribution in [0.1, 0.15) is 31.3 Å². The van der Waals surface area contributed by atoms with E-state index in [1.165, 1.54) is 11.0 Å². The van der Waals surface area contributed by atoms with Crippen molar-refractivity contribution in [1.82, 2.24) is 34.1 Å². The van der Waals surface area contributed by atoms with Gasteiger partial charge in [-0.05, 0) is 32.9 Å². The topological polar surface area (TPSA) is 121 Å². The molecule has 5 aromatic rings. The van der Waals surface area contributed by atoms with Gasteiger partial charge < -0.3 is 11.1 Å². The van der Waals surface area contributed by atoms with E-state index in [0.29, 0.717) is 28.4 Å². The Morgan fingerprint density at radius 1 is 1.15 bits per heavy atom. The molecule has 5 rings (SSSR count). The van der Waals surface area contributed by atoms with Gasteiger partial charge in [-0.3, -0.25) is 14.0 Å². The highest BCUT2D eigenvalue weighted by Gasteiger charge is 2.27. The van der Waals surface area contributed by atoms with Crippen LogP contribution >= 0.6 is 0 Å². The third kappa shape index (κ3) is 3.54. The number of alkyl halides is 1. The van der Waals surface area contributed by atoms with Crippen molar-refractivity contribution in [2.24, 2.45) is 0 Å². The largest absolute Gasteiger partial charge is 0.383 e. The number of benzene rings is 1. The van der Waals surface area contributed by atoms with Crippen LogP contribution in [0.4, 0.5) is 16.0 Å². The molecule has 11 heteroatoms. The number of hydrogen-bond donors (Lipinski definition) is 2. The second-order valence-electron chi connectivity index (χ2n) is 8.89. The lowest BCUT2D eigenvalue weighted by molar-refractivity contribution is 0.102. The molecule has 0 aliphatic carbocycles. The number of nitrogens with one attached hydrogen (secondary N) is 1. The van der Waals surface area contributed by atoms with Gasteiger partial charge in [0.15, 0.2) is 17.3 Å². The number of nitrogens with zero attached hydrogens (tertiary/aromatic N) is 7. The molecule has 0 atom stereocenters. The quantitative estimate of drug-likeness (QED) is 0.413. The van der Waals surface area contributed by atoms with Crippen molar-refractivity contribution in [2.75, 3.05) is 17.7 Å². The summed E-state index contributed by atoms with van der Waals surface area (Å²) in [7, 11) is 0. The van der Waals surface area contributed by atoms with Crippen LogP contribution in [0.15, 0.2) is 48.9 Å². The number of hydrogen-bond acceptors (Lipinski definition) is 6. The minimum absolute atomic E-state index is 0.117. The van der Waals surface area contributed by atoms with Gasteiger partial charge in [0.2, 0.25) is 0 Å². The summed E-state index contributed by atoms with van der Waals surface area (Å²) in [6, 6.07) is 11.0. The van der Waals surface area contributed by atoms with E-state index in [9.17, 15) is 9.18 Å². The summed E-state index contributed by atoms with van der Waals surface area (Å²) >= 11 is 0. The Morgan fingerprint density at radius 3 is 2.71 bits per heavy atom. The molecule has 0 radical (unpaired) electrons. The lowest BCUT2D eigenvalue weighted by atomic mass is 10.1. The Labute approximate surface area is 194 Å². The minimum atomic E-state index is -0.545. The van der Waals surface area contributed by atoms with Crippen molar-refractivity contribution in [2.45, 2.75) is 32.9 Å². The number of nitrogen functional groups attached to an aromatic ring is 1. The van der Waals surface area contributed by atoms with Crippen LogP contribution in [0.25, 0.3) is 27.8 Å². The maximum atomic E-state index is 13.4.